The van der Waals surface area contributed by atoms with Crippen molar-refractivity contribution in [1.82, 2.24) is 0 Å². The number of carbonyl (C=O) groups excluding carboxylic acids is 1. The lowest BCUT2D eigenvalue weighted by molar-refractivity contribution is -0.120. The molecule has 0 radical (unpaired) electrons. The average Bonchev–Trinajstić information content (AvgIpc) is 2.69. The van der Waals surface area contributed by atoms with Crippen LogP contribution in [-0.4, -0.2) is 5.91 Å². The summed E-state index contributed by atoms with van der Waals surface area (Å²) in [6.07, 6.45) is 0. The predicted octanol–water partition coefficient (Wildman–Crippen LogP) is 3.78. The molecule has 3 aromatic carbocycles. The molecule has 0 fully saturated rings. The van der Waals surface area contributed by atoms with Crippen LogP contribution in [-0.2, 0) is 10.2 Å². The standard InChI is InChI=1S/C20H15F2NO/c21-17-10-6-15(7-11-17)20(19(23)24,14-4-2-1-3-5-14)16-8-12-18(22)13-9-16/h1-13H,(H2,23,24)/i1D,2D,3D,4D,5D. The van der Waals surface area contributed by atoms with Gasteiger partial charge >= 0.3 is 0 Å². The Hall–Kier alpha value is -3.01. The summed E-state index contributed by atoms with van der Waals surface area (Å²) in [5, 5.41) is 0. The minimum atomic E-state index is -2.07. The quantitative estimate of drug-likeness (QED) is 0.728. The SMILES string of the molecule is [2H]c1c([2H])c([2H])c(C(C(N)=O)(c2ccc(F)cc2)c2ccc(F)cc2)c([2H])c1[2H]. The Morgan fingerprint density at radius 2 is 1.21 bits per heavy atom. The fourth-order valence-corrected chi connectivity index (χ4v) is 2.70. The highest BCUT2D eigenvalue weighted by atomic mass is 19.1. The molecule has 0 spiro atoms. The number of benzene rings is 3. The fraction of sp³-hybridized carbons (Fsp3) is 0.0500. The molecule has 0 heterocycles. The van der Waals surface area contributed by atoms with E-state index >= 15 is 0 Å². The number of carbonyl (C=O) groups is 1. The minimum Gasteiger partial charge on any atom is -0.368 e. The number of amides is 1. The van der Waals surface area contributed by atoms with Gasteiger partial charge in [-0.15, -0.1) is 0 Å². The van der Waals surface area contributed by atoms with Crippen LogP contribution in [0.25, 0.3) is 0 Å². The molecule has 3 rings (SSSR count). The molecule has 2 N–H and O–H groups in total. The largest absolute Gasteiger partial charge is 0.368 e. The second kappa shape index (κ2) is 6.24. The van der Waals surface area contributed by atoms with Crippen LogP contribution in [0.2, 0.25) is 0 Å². The highest BCUT2D eigenvalue weighted by Crippen LogP contribution is 2.39. The third-order valence-corrected chi connectivity index (χ3v) is 3.80. The zero-order chi connectivity index (χ0) is 21.5. The molecule has 0 saturated heterocycles. The van der Waals surface area contributed by atoms with Crippen LogP contribution in [0.5, 0.6) is 0 Å². The molecule has 0 aromatic heterocycles. The molecule has 0 bridgehead atoms. The molecule has 3 aromatic rings. The third kappa shape index (κ3) is 2.56. The zero-order valence-corrected chi connectivity index (χ0v) is 12.4. The summed E-state index contributed by atoms with van der Waals surface area (Å²) < 4.78 is 67.5. The Labute approximate surface area is 145 Å². The summed E-state index contributed by atoms with van der Waals surface area (Å²) in [6.45, 7) is 0. The summed E-state index contributed by atoms with van der Waals surface area (Å²) in [5.41, 5.74) is 3.45. The van der Waals surface area contributed by atoms with Crippen molar-refractivity contribution in [1.29, 1.82) is 0 Å². The maximum absolute atomic E-state index is 13.5. The second-order valence-corrected chi connectivity index (χ2v) is 5.13. The molecule has 24 heavy (non-hydrogen) atoms. The van der Waals surface area contributed by atoms with E-state index in [4.69, 9.17) is 12.6 Å². The Morgan fingerprint density at radius 1 is 0.792 bits per heavy atom. The molecule has 2 nitrogen and oxygen atoms in total. The molecule has 4 heteroatoms. The van der Waals surface area contributed by atoms with Gasteiger partial charge in [-0.05, 0) is 41.0 Å². The van der Waals surface area contributed by atoms with E-state index in [0.717, 1.165) is 24.3 Å². The van der Waals surface area contributed by atoms with Crippen molar-refractivity contribution in [2.45, 2.75) is 5.41 Å². The van der Waals surface area contributed by atoms with Gasteiger partial charge in [0.05, 0.1) is 6.85 Å². The molecule has 120 valence electrons. The van der Waals surface area contributed by atoms with Gasteiger partial charge in [0.15, 0.2) is 0 Å². The van der Waals surface area contributed by atoms with Gasteiger partial charge in [-0.3, -0.25) is 4.79 Å². The minimum absolute atomic E-state index is 0.0801. The predicted molar refractivity (Wildman–Crippen MR) is 88.3 cm³/mol. The number of hydrogen-bond donors (Lipinski definition) is 1. The Bertz CT molecular complexity index is 1030. The number of nitrogens with two attached hydrogens (primary N) is 1. The monoisotopic (exact) mass is 328 g/mol. The normalized spacial score (nSPS) is 14.2. The first kappa shape index (κ1) is 10.7. The molecular formula is C20H15F2NO. The van der Waals surface area contributed by atoms with Crippen molar-refractivity contribution in [3.63, 3.8) is 0 Å². The second-order valence-electron chi connectivity index (χ2n) is 5.13. The van der Waals surface area contributed by atoms with Gasteiger partial charge in [0.1, 0.15) is 17.0 Å². The van der Waals surface area contributed by atoms with Crippen LogP contribution >= 0.6 is 0 Å². The summed E-state index contributed by atoms with van der Waals surface area (Å²) in [6, 6.07) is 5.98. The molecule has 0 aliphatic heterocycles. The molecule has 0 unspecified atom stereocenters. The summed E-state index contributed by atoms with van der Waals surface area (Å²) in [7, 11) is 0. The molecule has 1 amide bonds. The van der Waals surface area contributed by atoms with Crippen molar-refractivity contribution in [2.75, 3.05) is 0 Å². The molecule has 0 atom stereocenters. The molecule has 0 aliphatic rings. The average molecular weight is 328 g/mol. The Kier molecular flexibility index (Phi) is 2.78. The summed E-state index contributed by atoms with van der Waals surface area (Å²) in [4.78, 5) is 12.9. The number of hydrogen-bond acceptors (Lipinski definition) is 1. The van der Waals surface area contributed by atoms with Gasteiger partial charge in [-0.2, -0.15) is 0 Å². The van der Waals surface area contributed by atoms with Crippen molar-refractivity contribution in [3.8, 4) is 0 Å². The van der Waals surface area contributed by atoms with E-state index in [-0.39, 0.29) is 11.1 Å². The van der Waals surface area contributed by atoms with E-state index in [2.05, 4.69) is 0 Å². The van der Waals surface area contributed by atoms with Gasteiger partial charge in [-0.1, -0.05) is 54.5 Å². The van der Waals surface area contributed by atoms with E-state index in [1.54, 1.807) is 0 Å². The van der Waals surface area contributed by atoms with E-state index in [1.165, 1.54) is 24.3 Å². The number of halogens is 2. The smallest absolute Gasteiger partial charge is 0.237 e. The lowest BCUT2D eigenvalue weighted by Gasteiger charge is -2.32. The van der Waals surface area contributed by atoms with Crippen molar-refractivity contribution in [2.24, 2.45) is 5.73 Å². The van der Waals surface area contributed by atoms with Crippen molar-refractivity contribution < 1.29 is 20.4 Å². The van der Waals surface area contributed by atoms with Crippen LogP contribution in [0.1, 0.15) is 23.5 Å². The van der Waals surface area contributed by atoms with E-state index in [1.807, 2.05) is 0 Å². The maximum Gasteiger partial charge on any atom is 0.237 e. The van der Waals surface area contributed by atoms with Crippen LogP contribution < -0.4 is 5.73 Å². The molecule has 0 aliphatic carbocycles. The first-order valence-electron chi connectivity index (χ1n) is 9.51. The zero-order valence-electron chi connectivity index (χ0n) is 17.4. The van der Waals surface area contributed by atoms with Crippen LogP contribution in [0.3, 0.4) is 0 Å². The lowest BCUT2D eigenvalue weighted by Crippen LogP contribution is -2.43. The first-order valence-corrected chi connectivity index (χ1v) is 7.01. The number of rotatable bonds is 4. The highest BCUT2D eigenvalue weighted by molar-refractivity contribution is 5.95. The van der Waals surface area contributed by atoms with E-state index < -0.39 is 58.7 Å². The topological polar surface area (TPSA) is 43.1 Å². The van der Waals surface area contributed by atoms with Crippen molar-refractivity contribution in [3.05, 3.63) is 107 Å². The van der Waals surface area contributed by atoms with E-state index in [9.17, 15) is 13.6 Å². The Morgan fingerprint density at radius 3 is 1.58 bits per heavy atom. The van der Waals surface area contributed by atoms with Gasteiger partial charge in [0.25, 0.3) is 0 Å². The van der Waals surface area contributed by atoms with Crippen LogP contribution in [0, 0.1) is 11.6 Å². The molecular weight excluding hydrogens is 308 g/mol. The molecule has 0 saturated carbocycles. The van der Waals surface area contributed by atoms with E-state index in [0.29, 0.717) is 0 Å². The van der Waals surface area contributed by atoms with Gasteiger partial charge < -0.3 is 5.73 Å². The maximum atomic E-state index is 13.5. The first-order chi connectivity index (χ1) is 13.6. The summed E-state index contributed by atoms with van der Waals surface area (Å²) >= 11 is 0. The lowest BCUT2D eigenvalue weighted by atomic mass is 9.69. The number of primary amides is 1. The highest BCUT2D eigenvalue weighted by Gasteiger charge is 2.42. The van der Waals surface area contributed by atoms with Crippen LogP contribution in [0.15, 0.2) is 78.7 Å². The Balaban J connectivity index is 2.55. The summed E-state index contributed by atoms with van der Waals surface area (Å²) in [5.74, 6) is -2.27. The van der Waals surface area contributed by atoms with Crippen molar-refractivity contribution >= 4 is 5.91 Å². The van der Waals surface area contributed by atoms with Gasteiger partial charge in [-0.25, -0.2) is 8.78 Å². The fourth-order valence-electron chi connectivity index (χ4n) is 2.70. The van der Waals surface area contributed by atoms with Crippen LogP contribution in [0.4, 0.5) is 8.78 Å². The van der Waals surface area contributed by atoms with Gasteiger partial charge in [0.2, 0.25) is 5.91 Å². The van der Waals surface area contributed by atoms with Gasteiger partial charge in [0, 0.05) is 0 Å². The third-order valence-electron chi connectivity index (χ3n) is 3.80.